The van der Waals surface area contributed by atoms with Crippen molar-refractivity contribution in [3.8, 4) is 5.88 Å². The Hall–Kier alpha value is -2.43. The molecule has 5 heteroatoms. The summed E-state index contributed by atoms with van der Waals surface area (Å²) in [6.45, 7) is 8.98. The van der Waals surface area contributed by atoms with E-state index in [9.17, 15) is 4.79 Å². The van der Waals surface area contributed by atoms with Gasteiger partial charge in [0.2, 0.25) is 5.88 Å². The second-order valence-corrected chi connectivity index (χ2v) is 3.58. The Morgan fingerprint density at radius 3 is 2.72 bits per heavy atom. The lowest BCUT2D eigenvalue weighted by Crippen LogP contribution is -1.98. The van der Waals surface area contributed by atoms with E-state index in [1.165, 1.54) is 13.3 Å². The van der Waals surface area contributed by atoms with E-state index in [1.807, 2.05) is 6.92 Å². The number of aliphatic imine (C=N–C) groups is 1. The van der Waals surface area contributed by atoms with Gasteiger partial charge in [0, 0.05) is 24.0 Å². The van der Waals surface area contributed by atoms with Crippen LogP contribution in [0.2, 0.25) is 0 Å². The van der Waals surface area contributed by atoms with Gasteiger partial charge in [-0.2, -0.15) is 0 Å². The molecule has 0 bridgehead atoms. The summed E-state index contributed by atoms with van der Waals surface area (Å²) in [5.74, 6) is -0.653. The highest BCUT2D eigenvalue weighted by molar-refractivity contribution is 6.10. The number of carboxylic acids is 1. The molecule has 0 amide bonds. The molecule has 0 radical (unpaired) electrons. The zero-order valence-electron chi connectivity index (χ0n) is 10.3. The minimum Gasteiger partial charge on any atom is -0.481 e. The molecule has 1 heterocycles. The highest BCUT2D eigenvalue weighted by atomic mass is 16.5. The van der Waals surface area contributed by atoms with Gasteiger partial charge in [-0.3, -0.25) is 0 Å². The first-order chi connectivity index (χ1) is 8.45. The van der Waals surface area contributed by atoms with Crippen LogP contribution in [-0.2, 0) is 4.79 Å². The Labute approximate surface area is 105 Å². The summed E-state index contributed by atoms with van der Waals surface area (Å²) in [4.78, 5) is 18.3. The minimum absolute atomic E-state index is 0.240. The van der Waals surface area contributed by atoms with Crippen molar-refractivity contribution in [2.45, 2.75) is 6.92 Å². The third-order valence-corrected chi connectivity index (χ3v) is 2.26. The van der Waals surface area contributed by atoms with Gasteiger partial charge in [0.05, 0.1) is 7.11 Å². The smallest absolute Gasteiger partial charge is 0.353 e. The van der Waals surface area contributed by atoms with Crippen LogP contribution in [0.15, 0.2) is 36.1 Å². The predicted octanol–water partition coefficient (Wildman–Crippen LogP) is 2.08. The van der Waals surface area contributed by atoms with Crippen LogP contribution in [0.25, 0.3) is 5.57 Å². The van der Waals surface area contributed by atoms with Gasteiger partial charge in [0.1, 0.15) is 5.70 Å². The van der Waals surface area contributed by atoms with Gasteiger partial charge in [0.15, 0.2) is 0 Å². The van der Waals surface area contributed by atoms with Crippen molar-refractivity contribution in [1.82, 2.24) is 4.98 Å². The molecule has 94 valence electrons. The fourth-order valence-corrected chi connectivity index (χ4v) is 1.26. The minimum atomic E-state index is -1.16. The molecule has 0 aromatic carbocycles. The molecule has 18 heavy (non-hydrogen) atoms. The number of carboxylic acid groups (broad SMARTS) is 1. The highest BCUT2D eigenvalue weighted by Crippen LogP contribution is 2.18. The van der Waals surface area contributed by atoms with Crippen LogP contribution < -0.4 is 4.74 Å². The first-order valence-corrected chi connectivity index (χ1v) is 5.12. The van der Waals surface area contributed by atoms with E-state index < -0.39 is 5.97 Å². The number of aliphatic carboxylic acids is 1. The summed E-state index contributed by atoms with van der Waals surface area (Å²) in [5.41, 5.74) is 2.01. The van der Waals surface area contributed by atoms with Crippen LogP contribution >= 0.6 is 0 Å². The van der Waals surface area contributed by atoms with Gasteiger partial charge in [0.25, 0.3) is 0 Å². The van der Waals surface area contributed by atoms with Gasteiger partial charge in [-0.05, 0) is 18.1 Å². The standard InChI is InChI=1S/C13H14N2O3/c1-8-5-12(18-4)15-7-11(8)9(2)6-14-10(3)13(16)17/h5-7H,2-3H2,1,4H3,(H,16,17)/b14-6+. The Kier molecular flexibility index (Phi) is 4.37. The Morgan fingerprint density at radius 2 is 2.22 bits per heavy atom. The van der Waals surface area contributed by atoms with Crippen molar-refractivity contribution in [1.29, 1.82) is 0 Å². The molecule has 1 rings (SSSR count). The molecule has 1 aromatic rings. The second kappa shape index (κ2) is 5.77. The predicted molar refractivity (Wildman–Crippen MR) is 69.8 cm³/mol. The van der Waals surface area contributed by atoms with Crippen LogP contribution in [0.4, 0.5) is 0 Å². The maximum Gasteiger partial charge on any atom is 0.353 e. The fourth-order valence-electron chi connectivity index (χ4n) is 1.26. The topological polar surface area (TPSA) is 71.8 Å². The fraction of sp³-hybridized carbons (Fsp3) is 0.154. The third-order valence-electron chi connectivity index (χ3n) is 2.26. The van der Waals surface area contributed by atoms with Gasteiger partial charge < -0.3 is 9.84 Å². The molecule has 0 atom stereocenters. The largest absolute Gasteiger partial charge is 0.481 e. The average Bonchev–Trinajstić information content (AvgIpc) is 2.34. The van der Waals surface area contributed by atoms with Gasteiger partial charge in [-0.1, -0.05) is 13.2 Å². The van der Waals surface area contributed by atoms with Gasteiger partial charge >= 0.3 is 5.97 Å². The van der Waals surface area contributed by atoms with Crippen LogP contribution in [0.1, 0.15) is 11.1 Å². The number of aryl methyl sites for hydroxylation is 1. The van der Waals surface area contributed by atoms with Crippen molar-refractivity contribution in [3.63, 3.8) is 0 Å². The molecule has 0 aliphatic heterocycles. The van der Waals surface area contributed by atoms with Crippen molar-refractivity contribution in [3.05, 3.63) is 42.2 Å². The molecule has 0 saturated heterocycles. The second-order valence-electron chi connectivity index (χ2n) is 3.58. The van der Waals surface area contributed by atoms with Crippen molar-refractivity contribution in [2.24, 2.45) is 4.99 Å². The number of hydrogen-bond donors (Lipinski definition) is 1. The number of nitrogens with zero attached hydrogens (tertiary/aromatic N) is 2. The zero-order valence-corrected chi connectivity index (χ0v) is 10.3. The summed E-state index contributed by atoms with van der Waals surface area (Å²) in [6.07, 6.45) is 2.96. The normalized spacial score (nSPS) is 10.3. The maximum absolute atomic E-state index is 10.5. The van der Waals surface area contributed by atoms with Crippen molar-refractivity contribution >= 4 is 17.8 Å². The van der Waals surface area contributed by atoms with E-state index in [0.29, 0.717) is 11.5 Å². The average molecular weight is 246 g/mol. The molecular formula is C13H14N2O3. The first kappa shape index (κ1) is 13.6. The number of methoxy groups -OCH3 is 1. The van der Waals surface area contributed by atoms with E-state index in [1.54, 1.807) is 12.3 Å². The van der Waals surface area contributed by atoms with E-state index in [2.05, 4.69) is 23.1 Å². The number of rotatable bonds is 5. The molecule has 0 aliphatic carbocycles. The Bertz CT molecular complexity index is 533. The third kappa shape index (κ3) is 3.28. The molecule has 1 N–H and O–H groups in total. The maximum atomic E-state index is 10.5. The lowest BCUT2D eigenvalue weighted by molar-refractivity contribution is -0.132. The lowest BCUT2D eigenvalue weighted by atomic mass is 10.1. The number of ether oxygens (including phenoxy) is 1. The van der Waals surface area contributed by atoms with Crippen LogP contribution in [0.3, 0.4) is 0 Å². The monoisotopic (exact) mass is 246 g/mol. The highest BCUT2D eigenvalue weighted by Gasteiger charge is 2.05. The van der Waals surface area contributed by atoms with E-state index in [-0.39, 0.29) is 5.70 Å². The number of pyridine rings is 1. The number of aromatic nitrogens is 1. The van der Waals surface area contributed by atoms with Crippen molar-refractivity contribution in [2.75, 3.05) is 7.11 Å². The molecule has 0 aliphatic rings. The van der Waals surface area contributed by atoms with Crippen LogP contribution in [0.5, 0.6) is 5.88 Å². The number of hydrogen-bond acceptors (Lipinski definition) is 4. The van der Waals surface area contributed by atoms with E-state index in [0.717, 1.165) is 11.1 Å². The molecule has 0 unspecified atom stereocenters. The quantitative estimate of drug-likeness (QED) is 0.637. The summed E-state index contributed by atoms with van der Waals surface area (Å²) in [6, 6.07) is 1.76. The van der Waals surface area contributed by atoms with Gasteiger partial charge in [-0.15, -0.1) is 0 Å². The van der Waals surface area contributed by atoms with Crippen LogP contribution in [-0.4, -0.2) is 29.4 Å². The van der Waals surface area contributed by atoms with Crippen molar-refractivity contribution < 1.29 is 14.6 Å². The molecule has 0 saturated carbocycles. The van der Waals surface area contributed by atoms with Crippen LogP contribution in [0, 0.1) is 6.92 Å². The molecule has 5 nitrogen and oxygen atoms in total. The molecule has 1 aromatic heterocycles. The molecule has 0 spiro atoms. The first-order valence-electron chi connectivity index (χ1n) is 5.12. The molecular weight excluding hydrogens is 232 g/mol. The summed E-state index contributed by atoms with van der Waals surface area (Å²) in [7, 11) is 1.54. The Morgan fingerprint density at radius 1 is 1.56 bits per heavy atom. The van der Waals surface area contributed by atoms with E-state index >= 15 is 0 Å². The number of carbonyl (C=O) groups is 1. The zero-order chi connectivity index (χ0) is 13.7. The lowest BCUT2D eigenvalue weighted by Gasteiger charge is -2.06. The van der Waals surface area contributed by atoms with Gasteiger partial charge in [-0.25, -0.2) is 14.8 Å². The summed E-state index contributed by atoms with van der Waals surface area (Å²) < 4.78 is 4.99. The Balaban J connectivity index is 2.91. The number of allylic oxidation sites excluding steroid dienone is 1. The molecule has 0 fully saturated rings. The van der Waals surface area contributed by atoms with E-state index in [4.69, 9.17) is 9.84 Å². The summed E-state index contributed by atoms with van der Waals surface area (Å²) in [5, 5.41) is 8.62. The SMILES string of the molecule is C=C(/N=C/C(=C)c1cnc(OC)cc1C)C(=O)O. The summed E-state index contributed by atoms with van der Waals surface area (Å²) >= 11 is 0.